The second kappa shape index (κ2) is 6.35. The van der Waals surface area contributed by atoms with Gasteiger partial charge >= 0.3 is 0 Å². The van der Waals surface area contributed by atoms with Gasteiger partial charge < -0.3 is 15.1 Å². The molecular formula is C10H23NO2. The van der Waals surface area contributed by atoms with Gasteiger partial charge in [-0.05, 0) is 12.5 Å². The zero-order valence-corrected chi connectivity index (χ0v) is 9.20. The van der Waals surface area contributed by atoms with Crippen molar-refractivity contribution in [2.24, 2.45) is 11.8 Å². The van der Waals surface area contributed by atoms with Gasteiger partial charge in [-0.25, -0.2) is 0 Å². The van der Waals surface area contributed by atoms with Crippen molar-refractivity contribution in [3.05, 3.63) is 0 Å². The summed E-state index contributed by atoms with van der Waals surface area (Å²) in [4.78, 5) is 2.24. The molecule has 0 saturated heterocycles. The van der Waals surface area contributed by atoms with Crippen LogP contribution in [0, 0.1) is 11.8 Å². The lowest BCUT2D eigenvalue weighted by Crippen LogP contribution is -2.35. The average molecular weight is 189 g/mol. The third-order valence-corrected chi connectivity index (χ3v) is 2.13. The lowest BCUT2D eigenvalue weighted by atomic mass is 10.1. The molecule has 0 heterocycles. The van der Waals surface area contributed by atoms with Gasteiger partial charge in [-0.15, -0.1) is 0 Å². The third kappa shape index (κ3) is 6.02. The Morgan fingerprint density at radius 1 is 1.08 bits per heavy atom. The van der Waals surface area contributed by atoms with E-state index < -0.39 is 6.29 Å². The largest absolute Gasteiger partial charge is 0.368 e. The van der Waals surface area contributed by atoms with Crippen LogP contribution in [0.3, 0.4) is 0 Å². The molecule has 0 aromatic heterocycles. The first-order valence-electron chi connectivity index (χ1n) is 5.05. The van der Waals surface area contributed by atoms with Crippen molar-refractivity contribution in [2.75, 3.05) is 19.6 Å². The lowest BCUT2D eigenvalue weighted by molar-refractivity contribution is -0.0856. The van der Waals surface area contributed by atoms with E-state index in [0.29, 0.717) is 5.92 Å². The number of nitrogens with zero attached hydrogens (tertiary/aromatic N) is 1. The fraction of sp³-hybridized carbons (Fsp3) is 1.00. The maximum Gasteiger partial charge on any atom is 0.155 e. The minimum absolute atomic E-state index is 0.0706. The molecule has 1 unspecified atom stereocenters. The van der Waals surface area contributed by atoms with Gasteiger partial charge in [-0.1, -0.05) is 27.7 Å². The quantitative estimate of drug-likeness (QED) is 0.610. The Bertz CT molecular complexity index is 126. The smallest absolute Gasteiger partial charge is 0.155 e. The molecule has 0 aliphatic heterocycles. The van der Waals surface area contributed by atoms with Gasteiger partial charge in [0.2, 0.25) is 0 Å². The minimum Gasteiger partial charge on any atom is -0.368 e. The topological polar surface area (TPSA) is 43.7 Å². The Balaban J connectivity index is 3.83. The molecule has 13 heavy (non-hydrogen) atoms. The maximum atomic E-state index is 8.93. The van der Waals surface area contributed by atoms with Gasteiger partial charge in [-0.2, -0.15) is 0 Å². The van der Waals surface area contributed by atoms with Crippen molar-refractivity contribution in [3.63, 3.8) is 0 Å². The summed E-state index contributed by atoms with van der Waals surface area (Å²) < 4.78 is 0. The monoisotopic (exact) mass is 189 g/mol. The minimum atomic E-state index is -1.19. The fourth-order valence-electron chi connectivity index (χ4n) is 1.35. The highest BCUT2D eigenvalue weighted by molar-refractivity contribution is 4.64. The number of aliphatic hydroxyl groups is 2. The third-order valence-electron chi connectivity index (χ3n) is 2.13. The molecule has 3 heteroatoms. The number of rotatable bonds is 6. The number of hydrogen-bond acceptors (Lipinski definition) is 3. The zero-order valence-electron chi connectivity index (χ0n) is 9.20. The van der Waals surface area contributed by atoms with Gasteiger partial charge in [0, 0.05) is 19.0 Å². The van der Waals surface area contributed by atoms with Crippen LogP contribution in [0.2, 0.25) is 0 Å². The first-order valence-corrected chi connectivity index (χ1v) is 5.05. The van der Waals surface area contributed by atoms with E-state index in [1.165, 1.54) is 0 Å². The van der Waals surface area contributed by atoms with Crippen molar-refractivity contribution in [1.29, 1.82) is 0 Å². The normalized spacial score (nSPS) is 14.5. The molecule has 0 aliphatic carbocycles. The highest BCUT2D eigenvalue weighted by atomic mass is 16.5. The van der Waals surface area contributed by atoms with Crippen LogP contribution < -0.4 is 0 Å². The summed E-state index contributed by atoms with van der Waals surface area (Å²) in [5.74, 6) is 0.557. The molecule has 0 aromatic rings. The second-order valence-electron chi connectivity index (χ2n) is 4.14. The summed E-state index contributed by atoms with van der Waals surface area (Å²) in [7, 11) is 0. The molecule has 0 rings (SSSR count). The molecular weight excluding hydrogens is 166 g/mol. The van der Waals surface area contributed by atoms with E-state index in [9.17, 15) is 0 Å². The van der Waals surface area contributed by atoms with Crippen molar-refractivity contribution >= 4 is 0 Å². The Kier molecular flexibility index (Phi) is 6.29. The molecule has 0 radical (unpaired) electrons. The van der Waals surface area contributed by atoms with Gasteiger partial charge in [0.05, 0.1) is 0 Å². The highest BCUT2D eigenvalue weighted by Crippen LogP contribution is 2.06. The zero-order chi connectivity index (χ0) is 10.4. The molecule has 0 aromatic carbocycles. The predicted molar refractivity (Wildman–Crippen MR) is 54.3 cm³/mol. The van der Waals surface area contributed by atoms with Crippen molar-refractivity contribution in [3.8, 4) is 0 Å². The van der Waals surface area contributed by atoms with Gasteiger partial charge in [-0.3, -0.25) is 0 Å². The lowest BCUT2D eigenvalue weighted by Gasteiger charge is -2.26. The standard InChI is InChI=1S/C10H23NO2/c1-5-11(6-8(2)3)7-9(4)10(12)13/h8-10,12-13H,5-7H2,1-4H3. The Morgan fingerprint density at radius 2 is 1.62 bits per heavy atom. The van der Waals surface area contributed by atoms with Crippen molar-refractivity contribution < 1.29 is 10.2 Å². The molecule has 0 aliphatic rings. The number of hydrogen-bond donors (Lipinski definition) is 2. The Hall–Kier alpha value is -0.120. The molecule has 0 saturated carbocycles. The Labute approximate surface area is 81.4 Å². The van der Waals surface area contributed by atoms with Crippen LogP contribution in [0.1, 0.15) is 27.7 Å². The van der Waals surface area contributed by atoms with E-state index in [1.807, 2.05) is 6.92 Å². The average Bonchev–Trinajstić information content (AvgIpc) is 2.02. The summed E-state index contributed by atoms with van der Waals surface area (Å²) in [6, 6.07) is 0. The van der Waals surface area contributed by atoms with Crippen LogP contribution in [-0.4, -0.2) is 41.0 Å². The van der Waals surface area contributed by atoms with Crippen LogP contribution in [0.4, 0.5) is 0 Å². The van der Waals surface area contributed by atoms with Gasteiger partial charge in [0.1, 0.15) is 0 Å². The summed E-state index contributed by atoms with van der Waals surface area (Å²) in [6.45, 7) is 11.0. The maximum absolute atomic E-state index is 8.93. The first-order chi connectivity index (χ1) is 5.97. The second-order valence-corrected chi connectivity index (χ2v) is 4.14. The first kappa shape index (κ1) is 12.9. The SMILES string of the molecule is CCN(CC(C)C)CC(C)C(O)O. The number of aliphatic hydroxyl groups excluding tert-OH is 1. The molecule has 1 atom stereocenters. The molecule has 0 spiro atoms. The van der Waals surface area contributed by atoms with Crippen LogP contribution in [0.5, 0.6) is 0 Å². The summed E-state index contributed by atoms with van der Waals surface area (Å²) in [5.41, 5.74) is 0. The van der Waals surface area contributed by atoms with E-state index in [0.717, 1.165) is 19.6 Å². The van der Waals surface area contributed by atoms with E-state index >= 15 is 0 Å². The van der Waals surface area contributed by atoms with Crippen molar-refractivity contribution in [1.82, 2.24) is 4.90 Å². The Morgan fingerprint density at radius 3 is 1.92 bits per heavy atom. The van der Waals surface area contributed by atoms with Crippen LogP contribution in [0.25, 0.3) is 0 Å². The van der Waals surface area contributed by atoms with Crippen molar-refractivity contribution in [2.45, 2.75) is 34.0 Å². The molecule has 80 valence electrons. The molecule has 0 amide bonds. The van der Waals surface area contributed by atoms with E-state index in [1.54, 1.807) is 0 Å². The van der Waals surface area contributed by atoms with Gasteiger partial charge in [0.15, 0.2) is 6.29 Å². The fourth-order valence-corrected chi connectivity index (χ4v) is 1.35. The highest BCUT2D eigenvalue weighted by Gasteiger charge is 2.14. The summed E-state index contributed by atoms with van der Waals surface area (Å²) in [6.07, 6.45) is -1.19. The summed E-state index contributed by atoms with van der Waals surface area (Å²) >= 11 is 0. The van der Waals surface area contributed by atoms with E-state index in [4.69, 9.17) is 10.2 Å². The van der Waals surface area contributed by atoms with E-state index in [2.05, 4.69) is 25.7 Å². The molecule has 0 bridgehead atoms. The van der Waals surface area contributed by atoms with Crippen LogP contribution >= 0.6 is 0 Å². The predicted octanol–water partition coefficient (Wildman–Crippen LogP) is 0.911. The van der Waals surface area contributed by atoms with Crippen LogP contribution in [-0.2, 0) is 0 Å². The molecule has 3 nitrogen and oxygen atoms in total. The molecule has 0 fully saturated rings. The molecule has 2 N–H and O–H groups in total. The summed E-state index contributed by atoms with van der Waals surface area (Å²) in [5, 5.41) is 17.9. The van der Waals surface area contributed by atoms with Gasteiger partial charge in [0.25, 0.3) is 0 Å². The van der Waals surface area contributed by atoms with Crippen LogP contribution in [0.15, 0.2) is 0 Å². The van der Waals surface area contributed by atoms with E-state index in [-0.39, 0.29) is 5.92 Å².